The van der Waals surface area contributed by atoms with Gasteiger partial charge >= 0.3 is 0 Å². The highest BCUT2D eigenvalue weighted by Gasteiger charge is 2.36. The Bertz CT molecular complexity index is 666. The minimum Gasteiger partial charge on any atom is -0.357 e. The number of piperidine rings is 1. The molecule has 2 fully saturated rings. The van der Waals surface area contributed by atoms with Crippen molar-refractivity contribution in [3.63, 3.8) is 0 Å². The molecule has 4 rings (SSSR count). The van der Waals surface area contributed by atoms with Gasteiger partial charge in [-0.05, 0) is 44.6 Å². The van der Waals surface area contributed by atoms with Crippen LogP contribution in [0.1, 0.15) is 37.0 Å². The van der Waals surface area contributed by atoms with Gasteiger partial charge in [0, 0.05) is 24.5 Å². The molecule has 0 spiro atoms. The molecule has 1 aliphatic carbocycles. The Morgan fingerprint density at radius 2 is 2.10 bits per heavy atom. The summed E-state index contributed by atoms with van der Waals surface area (Å²) >= 11 is 1.77. The summed E-state index contributed by atoms with van der Waals surface area (Å²) < 4.78 is 0. The topological polar surface area (TPSA) is 41.1 Å². The van der Waals surface area contributed by atoms with Crippen LogP contribution in [0.4, 0.5) is 11.8 Å². The molecule has 21 heavy (non-hydrogen) atoms. The van der Waals surface area contributed by atoms with Crippen molar-refractivity contribution in [2.45, 2.75) is 45.1 Å². The van der Waals surface area contributed by atoms with Crippen LogP contribution in [0.25, 0.3) is 10.2 Å². The van der Waals surface area contributed by atoms with E-state index >= 15 is 0 Å². The number of nitrogens with one attached hydrogen (secondary N) is 1. The normalized spacial score (nSPS) is 25.3. The second-order valence-corrected chi connectivity index (χ2v) is 7.53. The van der Waals surface area contributed by atoms with Crippen LogP contribution in [0, 0.1) is 12.8 Å². The van der Waals surface area contributed by atoms with Crippen LogP contribution >= 0.6 is 11.3 Å². The molecule has 0 radical (unpaired) electrons. The maximum atomic E-state index is 4.83. The van der Waals surface area contributed by atoms with Crippen molar-refractivity contribution >= 4 is 33.3 Å². The molecule has 2 aliphatic rings. The first kappa shape index (κ1) is 13.3. The zero-order valence-electron chi connectivity index (χ0n) is 12.7. The second kappa shape index (κ2) is 5.13. The van der Waals surface area contributed by atoms with Crippen molar-refractivity contribution < 1.29 is 0 Å². The van der Waals surface area contributed by atoms with E-state index < -0.39 is 0 Å². The third-order valence-electron chi connectivity index (χ3n) is 4.98. The lowest BCUT2D eigenvalue weighted by Crippen LogP contribution is -2.43. The molecule has 1 saturated carbocycles. The number of hydrogen-bond donors (Lipinski definition) is 1. The molecule has 2 atom stereocenters. The summed E-state index contributed by atoms with van der Waals surface area (Å²) in [6, 6.07) is 2.95. The molecule has 0 bridgehead atoms. The molecule has 5 heteroatoms. The number of fused-ring (bicyclic) bond motifs is 2. The maximum Gasteiger partial charge on any atom is 0.225 e. The highest BCUT2D eigenvalue weighted by Crippen LogP contribution is 2.41. The molecule has 0 amide bonds. The van der Waals surface area contributed by atoms with Gasteiger partial charge in [-0.1, -0.05) is 6.42 Å². The number of thiophene rings is 1. The summed E-state index contributed by atoms with van der Waals surface area (Å²) in [4.78, 5) is 14.5. The number of anilines is 2. The third kappa shape index (κ3) is 2.18. The van der Waals surface area contributed by atoms with Crippen molar-refractivity contribution in [2.75, 3.05) is 23.8 Å². The smallest absolute Gasteiger partial charge is 0.225 e. The summed E-state index contributed by atoms with van der Waals surface area (Å²) in [5.41, 5.74) is 0. The fraction of sp³-hybridized carbons (Fsp3) is 0.625. The largest absolute Gasteiger partial charge is 0.357 e. The molecule has 112 valence electrons. The van der Waals surface area contributed by atoms with Gasteiger partial charge in [-0.3, -0.25) is 0 Å². The van der Waals surface area contributed by atoms with Crippen molar-refractivity contribution in [2.24, 2.45) is 5.92 Å². The Hall–Kier alpha value is -1.36. The SMILES string of the molecule is CNc1nc(N2CCCC3CCCC32)c2cc(C)sc2n1. The van der Waals surface area contributed by atoms with E-state index in [9.17, 15) is 0 Å². The minimum atomic E-state index is 0.696. The average Bonchev–Trinajstić information content (AvgIpc) is 3.10. The monoisotopic (exact) mass is 302 g/mol. The van der Waals surface area contributed by atoms with E-state index in [-0.39, 0.29) is 0 Å². The standard InChI is InChI=1S/C16H22N4S/c1-10-9-12-14(18-16(17-2)19-15(12)21-10)20-8-4-6-11-5-3-7-13(11)20/h9,11,13H,3-8H2,1-2H3,(H,17,18,19). The zero-order chi connectivity index (χ0) is 14.4. The van der Waals surface area contributed by atoms with Crippen LogP contribution in [0.2, 0.25) is 0 Å². The molecule has 2 aromatic heterocycles. The molecule has 1 N–H and O–H groups in total. The van der Waals surface area contributed by atoms with Crippen LogP contribution in [0.5, 0.6) is 0 Å². The number of aryl methyl sites for hydroxylation is 1. The zero-order valence-corrected chi connectivity index (χ0v) is 13.5. The Balaban J connectivity index is 1.84. The van der Waals surface area contributed by atoms with E-state index in [0.717, 1.165) is 29.1 Å². The number of hydrogen-bond acceptors (Lipinski definition) is 5. The summed E-state index contributed by atoms with van der Waals surface area (Å²) in [5, 5.41) is 4.37. The first-order valence-corrected chi connectivity index (χ1v) is 8.80. The quantitative estimate of drug-likeness (QED) is 0.916. The first-order valence-electron chi connectivity index (χ1n) is 7.99. The van der Waals surface area contributed by atoms with Gasteiger partial charge in [0.05, 0.1) is 5.39 Å². The average molecular weight is 302 g/mol. The molecule has 4 nitrogen and oxygen atoms in total. The maximum absolute atomic E-state index is 4.83. The summed E-state index contributed by atoms with van der Waals surface area (Å²) in [6.45, 7) is 3.30. The van der Waals surface area contributed by atoms with Gasteiger partial charge in [0.15, 0.2) is 0 Å². The number of nitrogens with zero attached hydrogens (tertiary/aromatic N) is 3. The van der Waals surface area contributed by atoms with E-state index in [2.05, 4.69) is 28.2 Å². The van der Waals surface area contributed by atoms with Gasteiger partial charge in [-0.25, -0.2) is 4.98 Å². The Labute approximate surface area is 129 Å². The fourth-order valence-electron chi connectivity index (χ4n) is 4.07. The van der Waals surface area contributed by atoms with Gasteiger partial charge in [0.25, 0.3) is 0 Å². The van der Waals surface area contributed by atoms with Crippen molar-refractivity contribution in [3.8, 4) is 0 Å². The predicted molar refractivity (Wildman–Crippen MR) is 89.4 cm³/mol. The second-order valence-electron chi connectivity index (χ2n) is 6.29. The van der Waals surface area contributed by atoms with Gasteiger partial charge in [0.1, 0.15) is 10.6 Å². The molecule has 2 aromatic rings. The van der Waals surface area contributed by atoms with Gasteiger partial charge in [-0.2, -0.15) is 4.98 Å². The molecule has 3 heterocycles. The van der Waals surface area contributed by atoms with Crippen LogP contribution in [0.15, 0.2) is 6.07 Å². The highest BCUT2D eigenvalue weighted by molar-refractivity contribution is 7.18. The highest BCUT2D eigenvalue weighted by atomic mass is 32.1. The van der Waals surface area contributed by atoms with Crippen molar-refractivity contribution in [1.29, 1.82) is 0 Å². The lowest BCUT2D eigenvalue weighted by atomic mass is 9.92. The van der Waals surface area contributed by atoms with E-state index in [0.29, 0.717) is 6.04 Å². The fourth-order valence-corrected chi connectivity index (χ4v) is 4.95. The summed E-state index contributed by atoms with van der Waals surface area (Å²) in [6.07, 6.45) is 6.80. The van der Waals surface area contributed by atoms with E-state index in [1.165, 1.54) is 42.4 Å². The lowest BCUT2D eigenvalue weighted by Gasteiger charge is -2.39. The molecule has 1 aliphatic heterocycles. The van der Waals surface area contributed by atoms with Crippen molar-refractivity contribution in [3.05, 3.63) is 10.9 Å². The van der Waals surface area contributed by atoms with Gasteiger partial charge in [0.2, 0.25) is 5.95 Å². The van der Waals surface area contributed by atoms with Gasteiger partial charge in [-0.15, -0.1) is 11.3 Å². The van der Waals surface area contributed by atoms with Crippen molar-refractivity contribution in [1.82, 2.24) is 9.97 Å². The number of aromatic nitrogens is 2. The first-order chi connectivity index (χ1) is 10.3. The molecular weight excluding hydrogens is 280 g/mol. The van der Waals surface area contributed by atoms with E-state index in [1.54, 1.807) is 11.3 Å². The Kier molecular flexibility index (Phi) is 3.25. The minimum absolute atomic E-state index is 0.696. The molecule has 0 aromatic carbocycles. The van der Waals surface area contributed by atoms with E-state index in [4.69, 9.17) is 4.98 Å². The van der Waals surface area contributed by atoms with Gasteiger partial charge < -0.3 is 10.2 Å². The van der Waals surface area contributed by atoms with Crippen LogP contribution < -0.4 is 10.2 Å². The molecular formula is C16H22N4S. The lowest BCUT2D eigenvalue weighted by molar-refractivity contribution is 0.361. The Morgan fingerprint density at radius 3 is 2.95 bits per heavy atom. The van der Waals surface area contributed by atoms with E-state index in [1.807, 2.05) is 7.05 Å². The summed E-state index contributed by atoms with van der Waals surface area (Å²) in [7, 11) is 1.90. The predicted octanol–water partition coefficient (Wildman–Crippen LogP) is 3.81. The van der Waals surface area contributed by atoms with Crippen LogP contribution in [-0.2, 0) is 0 Å². The Morgan fingerprint density at radius 1 is 1.24 bits per heavy atom. The molecule has 2 unspecified atom stereocenters. The summed E-state index contributed by atoms with van der Waals surface area (Å²) in [5.74, 6) is 2.78. The molecule has 1 saturated heterocycles. The van der Waals surface area contributed by atoms with Crippen LogP contribution in [-0.4, -0.2) is 29.6 Å². The third-order valence-corrected chi connectivity index (χ3v) is 5.93. The number of rotatable bonds is 2. The van der Waals surface area contributed by atoms with Crippen LogP contribution in [0.3, 0.4) is 0 Å².